The molecule has 1 amide bonds. The summed E-state index contributed by atoms with van der Waals surface area (Å²) in [5, 5.41) is 8.79. The zero-order valence-corrected chi connectivity index (χ0v) is 18.1. The van der Waals surface area contributed by atoms with Gasteiger partial charge < -0.3 is 19.2 Å². The molecular weight excluding hydrogens is 406 g/mol. The Morgan fingerprint density at radius 2 is 1.84 bits per heavy atom. The number of carbonyl (C=O) groups excluding carboxylic acids is 1. The van der Waals surface area contributed by atoms with Crippen LogP contribution in [0, 0.1) is 0 Å². The lowest BCUT2D eigenvalue weighted by Gasteiger charge is -2.19. The van der Waals surface area contributed by atoms with Gasteiger partial charge in [0.25, 0.3) is 5.91 Å². The van der Waals surface area contributed by atoms with E-state index in [0.717, 1.165) is 16.0 Å². The van der Waals surface area contributed by atoms with Gasteiger partial charge in [0.15, 0.2) is 0 Å². The fourth-order valence-corrected chi connectivity index (χ4v) is 3.01. The number of amides is 1. The minimum absolute atomic E-state index is 0.0386. The number of furan rings is 1. The minimum atomic E-state index is -2.14. The number of rotatable bonds is 10. The summed E-state index contributed by atoms with van der Waals surface area (Å²) in [7, 11) is 1.41. The maximum absolute atomic E-state index is 13.1. The number of carbonyl (C=O) groups is 2. The normalized spacial score (nSPS) is 12.6. The highest BCUT2D eigenvalue weighted by Gasteiger charge is 2.14. The number of para-hydroxylation sites is 1. The van der Waals surface area contributed by atoms with Gasteiger partial charge in [-0.3, -0.25) is 9.59 Å². The Morgan fingerprint density at radius 3 is 2.53 bits per heavy atom. The lowest BCUT2D eigenvalue weighted by molar-refractivity contribution is -0.136. The summed E-state index contributed by atoms with van der Waals surface area (Å²) < 4.78 is 28.5. The molecule has 0 atom stereocenters. The molecule has 0 saturated heterocycles. The fraction of sp³-hybridized carbons (Fsp3) is 0.231. The maximum atomic E-state index is 13.1. The zero-order valence-electron chi connectivity index (χ0n) is 20.1. The van der Waals surface area contributed by atoms with Gasteiger partial charge in [-0.15, -0.1) is 0 Å². The molecule has 0 fully saturated rings. The van der Waals surface area contributed by atoms with Crippen molar-refractivity contribution in [3.63, 3.8) is 0 Å². The highest BCUT2D eigenvalue weighted by atomic mass is 16.5. The summed E-state index contributed by atoms with van der Waals surface area (Å²) in [5.41, 5.74) is 2.25. The Bertz CT molecular complexity index is 1150. The largest absolute Gasteiger partial charge is 0.489 e. The highest BCUT2D eigenvalue weighted by Crippen LogP contribution is 2.23. The molecule has 3 aromatic rings. The second-order valence-corrected chi connectivity index (χ2v) is 7.28. The van der Waals surface area contributed by atoms with Crippen LogP contribution < -0.4 is 4.74 Å². The molecule has 1 N–H and O–H groups in total. The van der Waals surface area contributed by atoms with E-state index >= 15 is 0 Å². The summed E-state index contributed by atoms with van der Waals surface area (Å²) in [6, 6.07) is 17.0. The van der Waals surface area contributed by atoms with Crippen molar-refractivity contribution in [2.24, 2.45) is 0 Å². The standard InChI is InChI=1S/C26H27NO5/c1-19(9-14-25(28)29)15-17-32-24-7-4-3-6-22(24)18-27(2)26(30)21-12-10-20(11-13-21)23-8-5-16-31-23/h3-8,10-13,15-16H,9,14,17-18H2,1-2H3,(H,28,29)/b19-15+/i18D2. The first-order chi connectivity index (χ1) is 16.2. The van der Waals surface area contributed by atoms with E-state index in [4.69, 9.17) is 17.0 Å². The van der Waals surface area contributed by atoms with Crippen LogP contribution in [0.3, 0.4) is 0 Å². The molecule has 0 aliphatic carbocycles. The van der Waals surface area contributed by atoms with E-state index in [0.29, 0.717) is 23.5 Å². The third kappa shape index (κ3) is 6.35. The topological polar surface area (TPSA) is 80.0 Å². The zero-order chi connectivity index (χ0) is 24.7. The van der Waals surface area contributed by atoms with Crippen LogP contribution >= 0.6 is 0 Å². The molecule has 0 spiro atoms. The number of carboxylic acid groups (broad SMARTS) is 1. The van der Waals surface area contributed by atoms with Crippen LogP contribution in [0.2, 0.25) is 0 Å². The van der Waals surface area contributed by atoms with E-state index in [1.807, 2.05) is 13.0 Å². The number of nitrogens with zero attached hydrogens (tertiary/aromatic N) is 1. The lowest BCUT2D eigenvalue weighted by Crippen LogP contribution is -2.26. The van der Waals surface area contributed by atoms with Crippen LogP contribution in [0.4, 0.5) is 0 Å². The molecule has 6 nitrogen and oxygen atoms in total. The summed E-state index contributed by atoms with van der Waals surface area (Å²) in [4.78, 5) is 24.8. The van der Waals surface area contributed by atoms with Gasteiger partial charge in [0.05, 0.1) is 9.00 Å². The predicted octanol–water partition coefficient (Wildman–Crippen LogP) is 5.41. The fourth-order valence-electron chi connectivity index (χ4n) is 3.01. The van der Waals surface area contributed by atoms with Gasteiger partial charge >= 0.3 is 5.97 Å². The van der Waals surface area contributed by atoms with Crippen molar-refractivity contribution in [1.82, 2.24) is 4.90 Å². The minimum Gasteiger partial charge on any atom is -0.489 e. The molecule has 1 heterocycles. The smallest absolute Gasteiger partial charge is 0.303 e. The number of aliphatic carboxylic acids is 1. The summed E-state index contributed by atoms with van der Waals surface area (Å²) in [5.74, 6) is -0.352. The van der Waals surface area contributed by atoms with Crippen LogP contribution in [0.25, 0.3) is 11.3 Å². The van der Waals surface area contributed by atoms with E-state index < -0.39 is 18.4 Å². The van der Waals surface area contributed by atoms with Gasteiger partial charge in [-0.1, -0.05) is 35.9 Å². The molecule has 166 valence electrons. The third-order valence-electron chi connectivity index (χ3n) is 4.82. The van der Waals surface area contributed by atoms with Crippen LogP contribution in [-0.4, -0.2) is 35.5 Å². The molecule has 6 heteroatoms. The number of hydrogen-bond donors (Lipinski definition) is 1. The first kappa shape index (κ1) is 20.1. The van der Waals surface area contributed by atoms with Crippen LogP contribution in [0.5, 0.6) is 5.75 Å². The molecule has 3 rings (SSSR count). The number of benzene rings is 2. The van der Waals surface area contributed by atoms with E-state index in [1.54, 1.807) is 66.9 Å². The van der Waals surface area contributed by atoms with Crippen molar-refractivity contribution < 1.29 is 26.6 Å². The second-order valence-electron chi connectivity index (χ2n) is 7.28. The molecule has 1 aromatic heterocycles. The van der Waals surface area contributed by atoms with Crippen molar-refractivity contribution in [3.05, 3.63) is 89.7 Å². The van der Waals surface area contributed by atoms with Crippen LogP contribution in [0.1, 0.15) is 38.4 Å². The third-order valence-corrected chi connectivity index (χ3v) is 4.82. The van der Waals surface area contributed by atoms with Gasteiger partial charge in [-0.05, 0) is 49.8 Å². The van der Waals surface area contributed by atoms with Crippen LogP contribution in [-0.2, 0) is 11.3 Å². The number of hydrogen-bond acceptors (Lipinski definition) is 4. The number of carboxylic acids is 1. The monoisotopic (exact) mass is 435 g/mol. The second kappa shape index (κ2) is 11.0. The molecule has 0 radical (unpaired) electrons. The Hall–Kier alpha value is -3.80. The van der Waals surface area contributed by atoms with Gasteiger partial charge in [-0.25, -0.2) is 0 Å². The molecule has 0 aliphatic heterocycles. The average molecular weight is 436 g/mol. The van der Waals surface area contributed by atoms with Gasteiger partial charge in [0, 0.05) is 36.7 Å². The molecule has 0 bridgehead atoms. The highest BCUT2D eigenvalue weighted by molar-refractivity contribution is 5.94. The maximum Gasteiger partial charge on any atom is 0.303 e. The summed E-state index contributed by atoms with van der Waals surface area (Å²) in [6.45, 7) is -0.166. The van der Waals surface area contributed by atoms with Crippen molar-refractivity contribution in [2.75, 3.05) is 13.7 Å². The molecule has 2 aromatic carbocycles. The van der Waals surface area contributed by atoms with Gasteiger partial charge in [0.1, 0.15) is 18.1 Å². The van der Waals surface area contributed by atoms with E-state index in [9.17, 15) is 9.59 Å². The van der Waals surface area contributed by atoms with Crippen molar-refractivity contribution in [1.29, 1.82) is 0 Å². The lowest BCUT2D eigenvalue weighted by atomic mass is 10.1. The van der Waals surface area contributed by atoms with Crippen molar-refractivity contribution in [3.8, 4) is 17.1 Å². The van der Waals surface area contributed by atoms with Crippen molar-refractivity contribution in [2.45, 2.75) is 26.3 Å². The predicted molar refractivity (Wildman–Crippen MR) is 123 cm³/mol. The average Bonchev–Trinajstić information content (AvgIpc) is 3.37. The Balaban J connectivity index is 1.74. The molecule has 0 aliphatic rings. The summed E-state index contributed by atoms with van der Waals surface area (Å²) in [6.07, 6.45) is 3.79. The first-order valence-corrected chi connectivity index (χ1v) is 10.2. The van der Waals surface area contributed by atoms with Crippen molar-refractivity contribution >= 4 is 11.9 Å². The quantitative estimate of drug-likeness (QED) is 0.431. The van der Waals surface area contributed by atoms with E-state index in [1.165, 1.54) is 7.05 Å². The van der Waals surface area contributed by atoms with Crippen LogP contribution in [0.15, 0.2) is 83.0 Å². The van der Waals surface area contributed by atoms with Gasteiger partial charge in [-0.2, -0.15) is 0 Å². The first-order valence-electron chi connectivity index (χ1n) is 11.2. The molecule has 0 saturated carbocycles. The summed E-state index contributed by atoms with van der Waals surface area (Å²) >= 11 is 0. The molecular formula is C26H27NO5. The van der Waals surface area contributed by atoms with E-state index in [-0.39, 0.29) is 18.6 Å². The Kier molecular flexibility index (Phi) is 6.92. The molecule has 0 unspecified atom stereocenters. The Morgan fingerprint density at radius 1 is 1.09 bits per heavy atom. The number of allylic oxidation sites excluding steroid dienone is 1. The van der Waals surface area contributed by atoms with Gasteiger partial charge in [0.2, 0.25) is 0 Å². The van der Waals surface area contributed by atoms with E-state index in [2.05, 4.69) is 0 Å². The Labute approximate surface area is 190 Å². The number of ether oxygens (including phenoxy) is 1. The molecule has 32 heavy (non-hydrogen) atoms. The SMILES string of the molecule is [2H]C([2H])(c1ccccc1OC/C=C(\C)CCC(=O)O)N(C)C(=O)c1ccc(-c2ccco2)cc1.